The molecule has 36 heteroatoms. The molecule has 2 fully saturated rings. The third-order valence-corrected chi connectivity index (χ3v) is 21.1. The summed E-state index contributed by atoms with van der Waals surface area (Å²) in [6.45, 7) is 9.81. The van der Waals surface area contributed by atoms with Crippen LogP contribution in [-0.2, 0) is 74.7 Å². The smallest absolute Gasteiger partial charge is 0.426 e. The van der Waals surface area contributed by atoms with Crippen molar-refractivity contribution < 1.29 is 97.6 Å². The number of nitrogens with two attached hydrogens (primary N) is 3. The van der Waals surface area contributed by atoms with Crippen LogP contribution in [0.25, 0.3) is 10.9 Å². The van der Waals surface area contributed by atoms with Gasteiger partial charge in [-0.25, -0.2) is 15.0 Å². The molecule has 2 aromatic carbocycles. The first kappa shape index (κ1) is 78.1. The highest BCUT2D eigenvalue weighted by Gasteiger charge is 2.79. The van der Waals surface area contributed by atoms with E-state index in [4.69, 9.17) is 36.5 Å². The summed E-state index contributed by atoms with van der Waals surface area (Å²) in [4.78, 5) is 156. The molecule has 4 heterocycles. The lowest BCUT2D eigenvalue weighted by atomic mass is 9.47. The summed E-state index contributed by atoms with van der Waals surface area (Å²) in [6.07, 6.45) is 0.135. The molecule has 3 aromatic rings. The van der Waals surface area contributed by atoms with E-state index in [0.29, 0.717) is 61.5 Å². The maximum atomic E-state index is 15.1. The largest absolute Gasteiger partial charge is 0.496 e. The summed E-state index contributed by atoms with van der Waals surface area (Å²) in [5, 5.41) is 77.6. The number of allylic oxidation sites excluding steroid dienone is 1. The average Bonchev–Trinajstić information content (AvgIpc) is 1.46. The number of aliphatic hydroxyl groups excluding tert-OH is 1. The number of carbonyl (C=O) groups is 11. The molecule has 12 atom stereocenters. The fourth-order valence-electron chi connectivity index (χ4n) is 14.5. The molecule has 2 unspecified atom stereocenters. The lowest BCUT2D eigenvalue weighted by Crippen LogP contribution is -2.82. The molecule has 7 rings (SSSR count). The Kier molecular flexibility index (Phi) is 26.4. The van der Waals surface area contributed by atoms with Gasteiger partial charge in [0.05, 0.1) is 45.6 Å². The van der Waals surface area contributed by atoms with Gasteiger partial charge >= 0.3 is 35.9 Å². The Morgan fingerprint density at radius 2 is 1.50 bits per heavy atom. The Hall–Kier alpha value is -9.20. The van der Waals surface area contributed by atoms with E-state index in [2.05, 4.69) is 53.6 Å². The number of aromatic nitrogens is 1. The second-order valence-electron chi connectivity index (χ2n) is 24.6. The summed E-state index contributed by atoms with van der Waals surface area (Å²) in [7, 11) is 6.30. The van der Waals surface area contributed by atoms with Gasteiger partial charge in [-0.1, -0.05) is 71.9 Å². The zero-order valence-electron chi connectivity index (χ0n) is 55.8. The van der Waals surface area contributed by atoms with Crippen molar-refractivity contribution in [3.05, 3.63) is 83.6 Å². The number of aliphatic imine (C=N–C) groups is 1. The van der Waals surface area contributed by atoms with Crippen molar-refractivity contribution in [2.45, 2.75) is 136 Å². The van der Waals surface area contributed by atoms with E-state index in [0.717, 1.165) is 38.1 Å². The standard InChI is InChI=1S/C64H88N14O20S2/c1-7-18-62(58(93)97-6,48-34(17-22-68-9-3)33-14-10-11-15-38(33)70-48)36-27-35-43(31-44(36)96-5)77(4)55-63(35)20-24-78-23-13-19-61(8-2,54(63)78)56(91)64(55,95)57(92)75-76-60(94)98-25-26-99-100-32-42(53(89)90)74-52(88)41(30-47(83)84)73-51(87)40(29-46(81)82)72-50(86)39(16-12-21-69-59(66)67)71-49(85)37(65)28-45(79)80/h7,10-11,13-15,19,27,31,37,39-42,54-56,68,70,91,95H,1,8-9,12,16-18,20-26,28-30,32,65H2,2-6H3,(H,71,85)(H,72,86)(H,73,87)(H,74,88)(H,75,92)(H,76,94)(H,79,80)(H,81,82)(H,83,84)(H,89,90)(H4,66,67,69)/t37-,39-,40-,41-,42-,54?,55+,56+,61+,62?,63+,64-/m0/s1. The number of fused-ring (bicyclic) bond motifs is 2. The lowest BCUT2D eigenvalue weighted by Gasteiger charge is -2.63. The molecule has 100 heavy (non-hydrogen) atoms. The normalized spacial score (nSPS) is 22.3. The molecule has 0 radical (unpaired) electrons. The number of aromatic amines is 1. The summed E-state index contributed by atoms with van der Waals surface area (Å²) in [6, 6.07) is 0.553. The van der Waals surface area contributed by atoms with E-state index in [1.165, 1.54) is 14.2 Å². The van der Waals surface area contributed by atoms with Crippen molar-refractivity contribution in [1.29, 1.82) is 0 Å². The number of aliphatic carboxylic acids is 4. The van der Waals surface area contributed by atoms with Crippen LogP contribution in [0.2, 0.25) is 0 Å². The number of likely N-dealkylation sites (N-methyl/N-ethyl adjacent to an activating group) is 2. The number of esters is 1. The van der Waals surface area contributed by atoms with Crippen molar-refractivity contribution in [3.63, 3.8) is 0 Å². The Balaban J connectivity index is 1.04. The minimum atomic E-state index is -2.70. The predicted octanol–water partition coefficient (Wildman–Crippen LogP) is -1.47. The number of methoxy groups -OCH3 is 2. The number of hydrogen-bond acceptors (Lipinski definition) is 23. The van der Waals surface area contributed by atoms with Gasteiger partial charge in [0.2, 0.25) is 23.6 Å². The topological polar surface area (TPSA) is 534 Å². The molecule has 20 N–H and O–H groups in total. The van der Waals surface area contributed by atoms with Crippen LogP contribution in [0.3, 0.4) is 0 Å². The van der Waals surface area contributed by atoms with Gasteiger partial charge in [-0.05, 0) is 81.4 Å². The number of nitrogens with one attached hydrogen (secondary N) is 8. The van der Waals surface area contributed by atoms with Gasteiger partial charge in [0.1, 0.15) is 48.0 Å². The molecule has 1 spiro atoms. The number of amides is 6. The number of rotatable bonds is 37. The van der Waals surface area contributed by atoms with E-state index in [9.17, 15) is 68.7 Å². The number of carbonyl (C=O) groups excluding carboxylic acids is 7. The van der Waals surface area contributed by atoms with Gasteiger partial charge in [0.25, 0.3) is 5.91 Å². The van der Waals surface area contributed by atoms with Crippen LogP contribution in [0, 0.1) is 5.41 Å². The number of nitrogens with zero attached hydrogens (tertiary/aromatic N) is 3. The van der Waals surface area contributed by atoms with E-state index >= 15 is 9.59 Å². The van der Waals surface area contributed by atoms with Crippen molar-refractivity contribution >= 4 is 110 Å². The van der Waals surface area contributed by atoms with Gasteiger partial charge in [-0.15, -0.1) is 6.58 Å². The summed E-state index contributed by atoms with van der Waals surface area (Å²) >= 11 is 0. The quantitative estimate of drug-likeness (QED) is 0.00596. The maximum absolute atomic E-state index is 15.1. The third-order valence-electron chi connectivity index (χ3n) is 18.8. The molecule has 546 valence electrons. The molecule has 34 nitrogen and oxygen atoms in total. The fourth-order valence-corrected chi connectivity index (χ4v) is 16.5. The number of hydrazine groups is 1. The highest BCUT2D eigenvalue weighted by atomic mass is 33.1. The van der Waals surface area contributed by atoms with Gasteiger partial charge in [-0.3, -0.25) is 58.5 Å². The zero-order chi connectivity index (χ0) is 73.6. The van der Waals surface area contributed by atoms with Crippen molar-refractivity contribution in [2.75, 3.05) is 77.0 Å². The zero-order valence-corrected chi connectivity index (χ0v) is 57.5. The van der Waals surface area contributed by atoms with E-state index < -0.39 is 161 Å². The van der Waals surface area contributed by atoms with E-state index in [1.807, 2.05) is 61.6 Å². The van der Waals surface area contributed by atoms with E-state index in [-0.39, 0.29) is 56.3 Å². The molecule has 6 amide bonds. The number of carboxylic acid groups (broad SMARTS) is 4. The minimum Gasteiger partial charge on any atom is -0.496 e. The minimum absolute atomic E-state index is 0.00125. The van der Waals surface area contributed by atoms with E-state index in [1.54, 1.807) is 24.1 Å². The Morgan fingerprint density at radius 1 is 0.860 bits per heavy atom. The summed E-state index contributed by atoms with van der Waals surface area (Å²) in [5.41, 5.74) is 17.9. The first-order valence-electron chi connectivity index (χ1n) is 32.1. The number of hydrogen-bond donors (Lipinski definition) is 17. The molecule has 0 bridgehead atoms. The van der Waals surface area contributed by atoms with Gasteiger partial charge in [0.15, 0.2) is 11.6 Å². The number of aliphatic hydroxyl groups is 2. The maximum Gasteiger partial charge on any atom is 0.426 e. The molecular weight excluding hydrogens is 1350 g/mol. The summed E-state index contributed by atoms with van der Waals surface area (Å²) < 4.78 is 17.3. The van der Waals surface area contributed by atoms with Crippen LogP contribution < -0.4 is 64.3 Å². The number of benzene rings is 2. The monoisotopic (exact) mass is 1440 g/mol. The number of anilines is 1. The van der Waals surface area contributed by atoms with Crippen molar-refractivity contribution in [3.8, 4) is 5.75 Å². The molecular formula is C64H88N14O20S2. The Labute approximate surface area is 582 Å². The van der Waals surface area contributed by atoms with Crippen LogP contribution in [0.1, 0.15) is 87.6 Å². The van der Waals surface area contributed by atoms with Gasteiger partial charge in [-0.2, -0.15) is 0 Å². The number of H-pyrrole nitrogens is 1. The van der Waals surface area contributed by atoms with Crippen LogP contribution in [-0.4, -0.2) is 238 Å². The molecule has 1 saturated heterocycles. The molecule has 1 aliphatic carbocycles. The number of guanidine groups is 1. The highest BCUT2D eigenvalue weighted by Crippen LogP contribution is 2.67. The lowest BCUT2D eigenvalue weighted by molar-refractivity contribution is -0.204. The predicted molar refractivity (Wildman–Crippen MR) is 365 cm³/mol. The van der Waals surface area contributed by atoms with Crippen molar-refractivity contribution in [2.24, 2.45) is 27.6 Å². The number of para-hydroxylation sites is 1. The molecule has 1 aromatic heterocycles. The van der Waals surface area contributed by atoms with Crippen LogP contribution in [0.4, 0.5) is 10.5 Å². The fraction of sp³-hybridized carbons (Fsp3) is 0.531. The first-order chi connectivity index (χ1) is 47.5. The molecule has 4 aliphatic rings. The second-order valence-corrected chi connectivity index (χ2v) is 27.3. The SMILES string of the molecule is C=CCC(C(=O)OC)(c1cc2c(cc1OC)N(C)[C@H]1[C@@](O)(C(=O)NNC(=O)OCCSSC[C@H](NC(=O)[C@H](CC(=O)O)NC(=O)[C@H](CC(=O)O)NC(=O)[C@H](CCCN=C(N)N)NC(=O)[C@@H](N)CC(=O)O)C(=O)O)[C@H](O)[C@]3(CC)C=CCN4CC[C@]21C43)c1[nH]c2ccccc2c1CCNCC. The average molecular weight is 1440 g/mol. The third kappa shape index (κ3) is 16.2. The highest BCUT2D eigenvalue weighted by molar-refractivity contribution is 8.76. The van der Waals surface area contributed by atoms with Crippen LogP contribution >= 0.6 is 21.6 Å². The van der Waals surface area contributed by atoms with Gasteiger partial charge in [0, 0.05) is 82.4 Å². The van der Waals surface area contributed by atoms with Crippen LogP contribution in [0.15, 0.2) is 66.2 Å². The van der Waals surface area contributed by atoms with Crippen LogP contribution in [0.5, 0.6) is 5.75 Å². The first-order valence-corrected chi connectivity index (χ1v) is 34.6. The Bertz CT molecular complexity index is 3670. The second kappa shape index (κ2) is 33.8. The number of ether oxygens (including phenoxy) is 3. The van der Waals surface area contributed by atoms with Crippen molar-refractivity contribution in [1.82, 2.24) is 47.3 Å². The Morgan fingerprint density at radius 3 is 2.10 bits per heavy atom. The summed E-state index contributed by atoms with van der Waals surface area (Å²) in [5.74, 6) is -13.8. The number of carboxylic acids is 4. The molecule has 1 saturated carbocycles. The molecule has 3 aliphatic heterocycles. The van der Waals surface area contributed by atoms with Gasteiger partial charge < -0.3 is 98.5 Å².